The third-order valence-electron chi connectivity index (χ3n) is 6.50. The minimum absolute atomic E-state index is 0.0713. The van der Waals surface area contributed by atoms with Crippen molar-refractivity contribution in [2.45, 2.75) is 46.6 Å². The van der Waals surface area contributed by atoms with Crippen molar-refractivity contribution < 1.29 is 32.7 Å². The minimum atomic E-state index is -1.13. The molecule has 2 heterocycles. The van der Waals surface area contributed by atoms with Crippen molar-refractivity contribution in [3.05, 3.63) is 88.6 Å². The molecule has 3 N–H and O–H groups in total. The fraction of sp³-hybridized carbons (Fsp3) is 0.323. The van der Waals surface area contributed by atoms with E-state index in [1.807, 2.05) is 6.79 Å². The quantitative estimate of drug-likeness (QED) is 0.234. The van der Waals surface area contributed by atoms with Gasteiger partial charge in [0.2, 0.25) is 0 Å². The van der Waals surface area contributed by atoms with E-state index in [1.165, 1.54) is 31.6 Å². The Bertz CT molecular complexity index is 1530. The molecule has 4 aromatic rings. The molecule has 1 unspecified atom stereocenters. The maximum absolute atomic E-state index is 14.2. The molecular formula is C31H36F3N5O4. The molecule has 230 valence electrons. The predicted octanol–water partition coefficient (Wildman–Crippen LogP) is 5.44. The van der Waals surface area contributed by atoms with Gasteiger partial charge in [-0.2, -0.15) is 5.10 Å². The number of halogens is 3. The van der Waals surface area contributed by atoms with E-state index in [4.69, 9.17) is 9.90 Å². The van der Waals surface area contributed by atoms with Crippen LogP contribution in [0, 0.1) is 37.2 Å². The second-order valence-electron chi connectivity index (χ2n) is 10.1. The number of carboxylic acids is 1. The first-order valence-corrected chi connectivity index (χ1v) is 13.4. The number of carbonyl (C=O) groups excluding carboxylic acids is 2. The molecule has 0 aliphatic carbocycles. The van der Waals surface area contributed by atoms with Crippen molar-refractivity contribution >= 4 is 24.3 Å². The summed E-state index contributed by atoms with van der Waals surface area (Å²) in [6.07, 6.45) is 3.80. The van der Waals surface area contributed by atoms with Crippen molar-refractivity contribution in [1.29, 1.82) is 0 Å². The SMILES string of the molecule is C=O.CC(C)CCNC(=O)c1cccn2ncnc12.CNC(CC(=O)O)c1cc(-c2c(C)cc(F)cc2C)cc(F)c1F. The fourth-order valence-corrected chi connectivity index (χ4v) is 4.51. The number of aryl methyl sites for hydroxylation is 2. The molecule has 43 heavy (non-hydrogen) atoms. The van der Waals surface area contributed by atoms with Crippen LogP contribution in [0.1, 0.15) is 59.8 Å². The molecule has 0 fully saturated rings. The molecule has 1 atom stereocenters. The third kappa shape index (κ3) is 9.20. The molecule has 0 spiro atoms. The Hall–Kier alpha value is -4.58. The molecule has 1 amide bonds. The highest BCUT2D eigenvalue weighted by atomic mass is 19.2. The molecule has 2 aromatic carbocycles. The fourth-order valence-electron chi connectivity index (χ4n) is 4.51. The highest BCUT2D eigenvalue weighted by Crippen LogP contribution is 2.33. The lowest BCUT2D eigenvalue weighted by molar-refractivity contribution is -0.137. The average Bonchev–Trinajstić information content (AvgIpc) is 3.43. The normalized spacial score (nSPS) is 11.3. The first-order chi connectivity index (χ1) is 20.4. The van der Waals surface area contributed by atoms with Gasteiger partial charge >= 0.3 is 5.97 Å². The van der Waals surface area contributed by atoms with E-state index in [9.17, 15) is 22.8 Å². The summed E-state index contributed by atoms with van der Waals surface area (Å²) in [4.78, 5) is 35.0. The van der Waals surface area contributed by atoms with Crippen LogP contribution in [0.15, 0.2) is 48.9 Å². The lowest BCUT2D eigenvalue weighted by atomic mass is 9.92. The number of rotatable bonds is 9. The van der Waals surface area contributed by atoms with Gasteiger partial charge in [-0.1, -0.05) is 13.8 Å². The van der Waals surface area contributed by atoms with Crippen LogP contribution in [0.4, 0.5) is 13.2 Å². The van der Waals surface area contributed by atoms with E-state index < -0.39 is 35.9 Å². The number of hydrogen-bond acceptors (Lipinski definition) is 6. The van der Waals surface area contributed by atoms with E-state index >= 15 is 0 Å². The molecule has 0 saturated heterocycles. The van der Waals surface area contributed by atoms with Crippen LogP contribution in [-0.2, 0) is 9.59 Å². The summed E-state index contributed by atoms with van der Waals surface area (Å²) < 4.78 is 43.3. The van der Waals surface area contributed by atoms with E-state index in [0.29, 0.717) is 45.9 Å². The molecule has 12 heteroatoms. The number of nitrogens with one attached hydrogen (secondary N) is 2. The van der Waals surface area contributed by atoms with Gasteiger partial charge in [-0.25, -0.2) is 22.7 Å². The Morgan fingerprint density at radius 3 is 2.30 bits per heavy atom. The number of pyridine rings is 1. The molecule has 4 rings (SSSR count). The van der Waals surface area contributed by atoms with Gasteiger partial charge < -0.3 is 20.5 Å². The lowest BCUT2D eigenvalue weighted by Crippen LogP contribution is -2.25. The number of carboxylic acid groups (broad SMARTS) is 1. The van der Waals surface area contributed by atoms with Crippen LogP contribution < -0.4 is 10.6 Å². The molecule has 2 aromatic heterocycles. The van der Waals surface area contributed by atoms with Gasteiger partial charge in [0.05, 0.1) is 12.0 Å². The summed E-state index contributed by atoms with van der Waals surface area (Å²) in [5.41, 5.74) is 3.24. The Kier molecular flexibility index (Phi) is 13.0. The number of benzene rings is 2. The van der Waals surface area contributed by atoms with E-state index in [0.717, 1.165) is 12.5 Å². The third-order valence-corrected chi connectivity index (χ3v) is 6.50. The number of amides is 1. The largest absolute Gasteiger partial charge is 0.481 e. The predicted molar refractivity (Wildman–Crippen MR) is 157 cm³/mol. The summed E-state index contributed by atoms with van der Waals surface area (Å²) in [5.74, 6) is -3.21. The highest BCUT2D eigenvalue weighted by Gasteiger charge is 2.22. The lowest BCUT2D eigenvalue weighted by Gasteiger charge is -2.18. The standard InChI is InChI=1S/C18H18F3NO2.C12H16N4O.CH2O/c1-9-4-12(19)5-10(2)17(9)11-6-13(18(21)14(20)7-11)15(22-3)8-16(23)24;1-9(2)5-6-13-12(17)10-4-3-7-16-11(10)14-8-15-16;1-2/h4-7,15,22H,8H2,1-3H3,(H,23,24);3-4,7-9H,5-6H2,1-2H3,(H,13,17);1H2. The van der Waals surface area contributed by atoms with Gasteiger partial charge in [-0.05, 0) is 91.9 Å². The van der Waals surface area contributed by atoms with E-state index in [1.54, 1.807) is 36.7 Å². The van der Waals surface area contributed by atoms with Crippen molar-refractivity contribution in [2.75, 3.05) is 13.6 Å². The van der Waals surface area contributed by atoms with Crippen LogP contribution in [0.3, 0.4) is 0 Å². The zero-order chi connectivity index (χ0) is 32.3. The maximum Gasteiger partial charge on any atom is 0.305 e. The molecular weight excluding hydrogens is 563 g/mol. The summed E-state index contributed by atoms with van der Waals surface area (Å²) in [6, 6.07) is 7.76. The van der Waals surface area contributed by atoms with Gasteiger partial charge in [0.25, 0.3) is 5.91 Å². The Morgan fingerprint density at radius 1 is 1.07 bits per heavy atom. The van der Waals surface area contributed by atoms with Crippen LogP contribution in [0.25, 0.3) is 16.8 Å². The monoisotopic (exact) mass is 599 g/mol. The molecule has 0 bridgehead atoms. The second-order valence-corrected chi connectivity index (χ2v) is 10.1. The zero-order valence-corrected chi connectivity index (χ0v) is 24.7. The van der Waals surface area contributed by atoms with Gasteiger partial charge in [-0.3, -0.25) is 9.59 Å². The van der Waals surface area contributed by atoms with E-state index in [-0.39, 0.29) is 11.5 Å². The number of carbonyl (C=O) groups is 3. The summed E-state index contributed by atoms with van der Waals surface area (Å²) in [7, 11) is 1.48. The molecule has 9 nitrogen and oxygen atoms in total. The van der Waals surface area contributed by atoms with Gasteiger partial charge in [0, 0.05) is 24.3 Å². The summed E-state index contributed by atoms with van der Waals surface area (Å²) in [6.45, 7) is 10.3. The molecule has 0 radical (unpaired) electrons. The maximum atomic E-state index is 14.2. The molecule has 0 aliphatic heterocycles. The van der Waals surface area contributed by atoms with Crippen molar-refractivity contribution in [3.63, 3.8) is 0 Å². The van der Waals surface area contributed by atoms with Crippen molar-refractivity contribution in [1.82, 2.24) is 25.2 Å². The highest BCUT2D eigenvalue weighted by molar-refractivity contribution is 5.99. The molecule has 0 saturated carbocycles. The topological polar surface area (TPSA) is 126 Å². The Balaban J connectivity index is 0.000000298. The first kappa shape index (κ1) is 34.6. The van der Waals surface area contributed by atoms with Crippen LogP contribution >= 0.6 is 0 Å². The van der Waals surface area contributed by atoms with Gasteiger partial charge in [0.15, 0.2) is 17.3 Å². The summed E-state index contributed by atoms with van der Waals surface area (Å²) in [5, 5.41) is 18.5. The Morgan fingerprint density at radius 2 is 1.72 bits per heavy atom. The minimum Gasteiger partial charge on any atom is -0.481 e. The zero-order valence-electron chi connectivity index (χ0n) is 24.7. The summed E-state index contributed by atoms with van der Waals surface area (Å²) >= 11 is 0. The number of fused-ring (bicyclic) bond motifs is 1. The van der Waals surface area contributed by atoms with Crippen molar-refractivity contribution in [2.24, 2.45) is 5.92 Å². The van der Waals surface area contributed by atoms with Crippen LogP contribution in [-0.4, -0.2) is 52.0 Å². The molecule has 0 aliphatic rings. The number of aliphatic carboxylic acids is 1. The van der Waals surface area contributed by atoms with Crippen LogP contribution in [0.2, 0.25) is 0 Å². The van der Waals surface area contributed by atoms with Gasteiger partial charge in [-0.15, -0.1) is 0 Å². The number of aromatic nitrogens is 3. The van der Waals surface area contributed by atoms with Crippen molar-refractivity contribution in [3.8, 4) is 11.1 Å². The average molecular weight is 600 g/mol. The number of nitrogens with zero attached hydrogens (tertiary/aromatic N) is 3. The smallest absolute Gasteiger partial charge is 0.305 e. The number of hydrogen-bond donors (Lipinski definition) is 3. The van der Waals surface area contributed by atoms with Gasteiger partial charge in [0.1, 0.15) is 18.9 Å². The first-order valence-electron chi connectivity index (χ1n) is 13.4. The van der Waals surface area contributed by atoms with Crippen LogP contribution in [0.5, 0.6) is 0 Å². The van der Waals surface area contributed by atoms with E-state index in [2.05, 4.69) is 34.6 Å². The Labute approximate surface area is 248 Å². The second kappa shape index (κ2) is 16.2.